The lowest BCUT2D eigenvalue weighted by Gasteiger charge is -2.25. The summed E-state index contributed by atoms with van der Waals surface area (Å²) >= 11 is 0. The Labute approximate surface area is 220 Å². The molecule has 0 radical (unpaired) electrons. The maximum absolute atomic E-state index is 15.3. The van der Waals surface area contributed by atoms with Gasteiger partial charge in [0.05, 0.1) is 11.1 Å². The monoisotopic (exact) mass is 537 g/mol. The van der Waals surface area contributed by atoms with Crippen LogP contribution < -0.4 is 4.74 Å². The number of hydrogen-bond acceptors (Lipinski definition) is 3. The van der Waals surface area contributed by atoms with Crippen molar-refractivity contribution in [1.82, 2.24) is 15.0 Å². The van der Waals surface area contributed by atoms with Gasteiger partial charge in [0.1, 0.15) is 23.2 Å². The molecule has 0 aliphatic rings. The van der Waals surface area contributed by atoms with Crippen LogP contribution in [0.1, 0.15) is 37.1 Å². The highest BCUT2D eigenvalue weighted by Gasteiger charge is 2.30. The quantitative estimate of drug-likeness (QED) is 0.182. The van der Waals surface area contributed by atoms with Gasteiger partial charge in [-0.05, 0) is 41.8 Å². The Hall–Kier alpha value is -4.60. The minimum Gasteiger partial charge on any atom is -0.481 e. The average molecular weight is 538 g/mol. The summed E-state index contributed by atoms with van der Waals surface area (Å²) in [6.07, 6.45) is 2.75. The van der Waals surface area contributed by atoms with Crippen LogP contribution in [0.15, 0.2) is 60.9 Å². The van der Waals surface area contributed by atoms with Crippen LogP contribution in [-0.4, -0.2) is 26.0 Å². The second kappa shape index (κ2) is 9.94. The highest BCUT2D eigenvalue weighted by atomic mass is 19.1. The Morgan fingerprint density at radius 1 is 1.03 bits per heavy atom. The van der Waals surface area contributed by atoms with Gasteiger partial charge < -0.3 is 19.8 Å². The molecule has 0 atom stereocenters. The molecule has 0 saturated heterocycles. The van der Waals surface area contributed by atoms with E-state index >= 15 is 4.39 Å². The largest absolute Gasteiger partial charge is 0.481 e. The average Bonchev–Trinajstić information content (AvgIpc) is 3.57. The third-order valence-electron chi connectivity index (χ3n) is 6.73. The van der Waals surface area contributed by atoms with E-state index in [-0.39, 0.29) is 46.4 Å². The van der Waals surface area contributed by atoms with Crippen LogP contribution in [0.2, 0.25) is 0 Å². The van der Waals surface area contributed by atoms with Crippen molar-refractivity contribution >= 4 is 16.9 Å². The van der Waals surface area contributed by atoms with Crippen molar-refractivity contribution in [3.8, 4) is 22.9 Å². The van der Waals surface area contributed by atoms with Crippen molar-refractivity contribution in [3.05, 3.63) is 101 Å². The number of aromatic nitrogens is 3. The molecule has 39 heavy (non-hydrogen) atoms. The van der Waals surface area contributed by atoms with Crippen LogP contribution in [0.25, 0.3) is 22.3 Å². The summed E-state index contributed by atoms with van der Waals surface area (Å²) < 4.78 is 65.1. The van der Waals surface area contributed by atoms with Crippen LogP contribution >= 0.6 is 0 Å². The van der Waals surface area contributed by atoms with Gasteiger partial charge >= 0.3 is 5.97 Å². The standard InChI is InChI=1S/C29H23F4N3O3/c1-29(2,19-5-3-4-15(25(19)32)6-9-24(37)38)23-14-35-28(36-23)18-12-16(7-8-20(18)30)39-27-21(31)13-22-17(26(27)33)10-11-34-22/h3-5,7-8,10-14,34H,6,9H2,1-2H3,(H,35,36)(H,37,38). The number of carboxylic acids is 1. The number of ether oxygens (including phenoxy) is 1. The van der Waals surface area contributed by atoms with Gasteiger partial charge in [-0.1, -0.05) is 32.0 Å². The van der Waals surface area contributed by atoms with Crippen molar-refractivity contribution in [2.45, 2.75) is 32.1 Å². The fraction of sp³-hybridized carbons (Fsp3) is 0.172. The third-order valence-corrected chi connectivity index (χ3v) is 6.73. The molecule has 3 aromatic carbocycles. The maximum atomic E-state index is 15.3. The number of nitrogens with one attached hydrogen (secondary N) is 2. The fourth-order valence-electron chi connectivity index (χ4n) is 4.49. The summed E-state index contributed by atoms with van der Waals surface area (Å²) in [5.74, 6) is -4.58. The van der Waals surface area contributed by atoms with Gasteiger partial charge in [0.15, 0.2) is 17.4 Å². The van der Waals surface area contributed by atoms with E-state index in [2.05, 4.69) is 15.0 Å². The molecule has 0 fully saturated rings. The SMILES string of the molecule is CC(C)(c1cnc(-c2cc(Oc3c(F)cc4[nH]ccc4c3F)ccc2F)[nH]1)c1cccc(CCC(=O)O)c1F. The predicted octanol–water partition coefficient (Wildman–Crippen LogP) is 7.25. The van der Waals surface area contributed by atoms with Gasteiger partial charge in [0.2, 0.25) is 0 Å². The van der Waals surface area contributed by atoms with E-state index < -0.39 is 40.4 Å². The Morgan fingerprint density at radius 3 is 2.59 bits per heavy atom. The summed E-state index contributed by atoms with van der Waals surface area (Å²) in [6, 6.07) is 10.9. The lowest BCUT2D eigenvalue weighted by Crippen LogP contribution is -2.22. The molecule has 5 aromatic rings. The van der Waals surface area contributed by atoms with Crippen LogP contribution in [0, 0.1) is 23.3 Å². The number of aryl methyl sites for hydroxylation is 1. The van der Waals surface area contributed by atoms with E-state index in [0.717, 1.165) is 12.1 Å². The number of fused-ring (bicyclic) bond motifs is 1. The van der Waals surface area contributed by atoms with E-state index in [9.17, 15) is 18.0 Å². The zero-order chi connectivity index (χ0) is 27.9. The number of aromatic amines is 2. The number of carboxylic acid groups (broad SMARTS) is 1. The first-order chi connectivity index (χ1) is 18.6. The normalized spacial score (nSPS) is 11.7. The Balaban J connectivity index is 1.46. The molecule has 2 aromatic heterocycles. The van der Waals surface area contributed by atoms with Gasteiger partial charge in [-0.3, -0.25) is 4.79 Å². The van der Waals surface area contributed by atoms with Crippen LogP contribution in [-0.2, 0) is 16.6 Å². The van der Waals surface area contributed by atoms with Crippen molar-refractivity contribution < 1.29 is 32.2 Å². The number of aliphatic carboxylic acids is 1. The number of hydrogen-bond donors (Lipinski definition) is 3. The Morgan fingerprint density at radius 2 is 1.82 bits per heavy atom. The molecule has 0 aliphatic heterocycles. The first-order valence-electron chi connectivity index (χ1n) is 12.0. The number of imidazole rings is 1. The molecule has 3 N–H and O–H groups in total. The van der Waals surface area contributed by atoms with E-state index in [1.54, 1.807) is 26.0 Å². The molecule has 200 valence electrons. The van der Waals surface area contributed by atoms with Gasteiger partial charge in [0, 0.05) is 41.4 Å². The minimum atomic E-state index is -1.03. The molecule has 0 unspecified atom stereocenters. The lowest BCUT2D eigenvalue weighted by atomic mass is 9.80. The first kappa shape index (κ1) is 26.0. The molecule has 0 amide bonds. The number of nitrogens with zero attached hydrogens (tertiary/aromatic N) is 1. The number of H-pyrrole nitrogens is 2. The molecule has 0 saturated carbocycles. The van der Waals surface area contributed by atoms with E-state index in [1.807, 2.05) is 0 Å². The summed E-state index contributed by atoms with van der Waals surface area (Å²) in [5.41, 5.74) is 0.352. The number of rotatable bonds is 8. The molecule has 0 aliphatic carbocycles. The van der Waals surface area contributed by atoms with Crippen LogP contribution in [0.3, 0.4) is 0 Å². The van der Waals surface area contributed by atoms with E-state index in [1.165, 1.54) is 36.7 Å². The predicted molar refractivity (Wildman–Crippen MR) is 137 cm³/mol. The Kier molecular flexibility index (Phi) is 6.63. The van der Waals surface area contributed by atoms with Gasteiger partial charge in [-0.2, -0.15) is 0 Å². The molecular formula is C29H23F4N3O3. The third kappa shape index (κ3) is 4.85. The molecule has 0 spiro atoms. The molecule has 2 heterocycles. The lowest BCUT2D eigenvalue weighted by molar-refractivity contribution is -0.136. The molecule has 5 rings (SSSR count). The van der Waals surface area contributed by atoms with Gasteiger partial charge in [-0.25, -0.2) is 22.5 Å². The highest BCUT2D eigenvalue weighted by molar-refractivity contribution is 5.82. The molecule has 6 nitrogen and oxygen atoms in total. The molecular weight excluding hydrogens is 514 g/mol. The summed E-state index contributed by atoms with van der Waals surface area (Å²) in [5, 5.41) is 9.10. The van der Waals surface area contributed by atoms with Gasteiger partial charge in [-0.15, -0.1) is 0 Å². The number of benzene rings is 3. The van der Waals surface area contributed by atoms with E-state index in [0.29, 0.717) is 11.3 Å². The van der Waals surface area contributed by atoms with Crippen LogP contribution in [0.5, 0.6) is 11.5 Å². The van der Waals surface area contributed by atoms with Crippen LogP contribution in [0.4, 0.5) is 17.6 Å². The van der Waals surface area contributed by atoms with Crippen molar-refractivity contribution in [3.63, 3.8) is 0 Å². The van der Waals surface area contributed by atoms with Crippen molar-refractivity contribution in [2.24, 2.45) is 0 Å². The zero-order valence-electron chi connectivity index (χ0n) is 20.9. The van der Waals surface area contributed by atoms with Crippen molar-refractivity contribution in [2.75, 3.05) is 0 Å². The first-order valence-corrected chi connectivity index (χ1v) is 12.0. The topological polar surface area (TPSA) is 91.0 Å². The smallest absolute Gasteiger partial charge is 0.303 e. The second-order valence-electron chi connectivity index (χ2n) is 9.63. The Bertz CT molecular complexity index is 1710. The molecule has 10 heteroatoms. The molecule has 0 bridgehead atoms. The summed E-state index contributed by atoms with van der Waals surface area (Å²) in [4.78, 5) is 21.0. The highest BCUT2D eigenvalue weighted by Crippen LogP contribution is 2.37. The van der Waals surface area contributed by atoms with Crippen molar-refractivity contribution in [1.29, 1.82) is 0 Å². The second-order valence-corrected chi connectivity index (χ2v) is 9.63. The minimum absolute atomic E-state index is 0.0197. The number of carbonyl (C=O) groups is 1. The summed E-state index contributed by atoms with van der Waals surface area (Å²) in [7, 11) is 0. The summed E-state index contributed by atoms with van der Waals surface area (Å²) in [6.45, 7) is 3.50. The number of halogens is 4. The maximum Gasteiger partial charge on any atom is 0.303 e. The van der Waals surface area contributed by atoms with E-state index in [4.69, 9.17) is 9.84 Å². The van der Waals surface area contributed by atoms with Gasteiger partial charge in [0.25, 0.3) is 0 Å². The zero-order valence-corrected chi connectivity index (χ0v) is 20.9. The fourth-order valence-corrected chi connectivity index (χ4v) is 4.49.